The number of alkyl halides is 1. The molecule has 1 fully saturated rings. The minimum atomic E-state index is 0.0364. The van der Waals surface area contributed by atoms with Gasteiger partial charge in [0.25, 0.3) is 0 Å². The first-order valence-corrected chi connectivity index (χ1v) is 6.34. The number of carbonyl (C=O) groups is 1. The van der Waals surface area contributed by atoms with Gasteiger partial charge in [-0.2, -0.15) is 0 Å². The van der Waals surface area contributed by atoms with Crippen molar-refractivity contribution in [1.29, 1.82) is 0 Å². The Morgan fingerprint density at radius 1 is 1.50 bits per heavy atom. The molecule has 0 radical (unpaired) electrons. The summed E-state index contributed by atoms with van der Waals surface area (Å²) in [4.78, 5) is 10.8. The van der Waals surface area contributed by atoms with Crippen LogP contribution >= 0.6 is 11.6 Å². The highest BCUT2D eigenvalue weighted by molar-refractivity contribution is 6.22. The third kappa shape index (κ3) is 3.81. The first-order chi connectivity index (χ1) is 7.30. The smallest absolute Gasteiger partial charge is 0.160 e. The molecule has 0 heterocycles. The van der Waals surface area contributed by atoms with Gasteiger partial charge in [-0.3, -0.25) is 4.79 Å². The first-order valence-electron chi connectivity index (χ1n) is 5.91. The van der Waals surface area contributed by atoms with Crippen LogP contribution in [0.5, 0.6) is 0 Å². The summed E-state index contributed by atoms with van der Waals surface area (Å²) in [5, 5.41) is 0.0496. The van der Waals surface area contributed by atoms with Crippen molar-refractivity contribution < 1.29 is 4.79 Å². The van der Waals surface area contributed by atoms with E-state index in [-0.39, 0.29) is 11.2 Å². The largest absolute Gasteiger partial charge is 0.294 e. The van der Waals surface area contributed by atoms with Crippen molar-refractivity contribution in [3.8, 4) is 0 Å². The van der Waals surface area contributed by atoms with Gasteiger partial charge in [-0.15, -0.1) is 17.3 Å². The van der Waals surface area contributed by atoms with Crippen molar-refractivity contribution >= 4 is 17.4 Å². The number of halogens is 1. The van der Waals surface area contributed by atoms with Gasteiger partial charge in [0.1, 0.15) is 0 Å². The maximum absolute atomic E-state index is 10.8. The van der Waals surface area contributed by atoms with Gasteiger partial charge >= 0.3 is 0 Å². The van der Waals surface area contributed by atoms with E-state index in [0.717, 1.165) is 24.8 Å². The SMILES string of the molecule is CC(=O)C=C=C1CC[C@H](C(C)(C)C)C[C@@H]1Cl. The molecule has 1 rings (SSSR count). The molecule has 0 aliphatic heterocycles. The fourth-order valence-corrected chi connectivity index (χ4v) is 2.53. The van der Waals surface area contributed by atoms with E-state index in [1.54, 1.807) is 0 Å². The van der Waals surface area contributed by atoms with Crippen LogP contribution in [0.4, 0.5) is 0 Å². The molecule has 90 valence electrons. The lowest BCUT2D eigenvalue weighted by Crippen LogP contribution is -2.28. The predicted molar refractivity (Wildman–Crippen MR) is 68.7 cm³/mol. The van der Waals surface area contributed by atoms with Gasteiger partial charge in [-0.25, -0.2) is 0 Å². The van der Waals surface area contributed by atoms with E-state index in [2.05, 4.69) is 26.5 Å². The van der Waals surface area contributed by atoms with Crippen LogP contribution in [0, 0.1) is 11.3 Å². The van der Waals surface area contributed by atoms with Crippen molar-refractivity contribution in [2.75, 3.05) is 0 Å². The van der Waals surface area contributed by atoms with E-state index in [1.807, 2.05) is 0 Å². The Balaban J connectivity index is 2.74. The highest BCUT2D eigenvalue weighted by Gasteiger charge is 2.31. The number of allylic oxidation sites excluding steroid dienone is 1. The highest BCUT2D eigenvalue weighted by Crippen LogP contribution is 2.41. The van der Waals surface area contributed by atoms with E-state index in [4.69, 9.17) is 11.6 Å². The molecular weight excluding hydrogens is 220 g/mol. The van der Waals surface area contributed by atoms with E-state index in [0.29, 0.717) is 11.3 Å². The number of ketones is 1. The zero-order valence-electron chi connectivity index (χ0n) is 10.6. The summed E-state index contributed by atoms with van der Waals surface area (Å²) in [6.07, 6.45) is 4.63. The Kier molecular flexibility index (Phi) is 4.41. The Bertz CT molecular complexity index is 329. The van der Waals surface area contributed by atoms with Crippen LogP contribution < -0.4 is 0 Å². The van der Waals surface area contributed by atoms with Gasteiger partial charge in [0.15, 0.2) is 5.78 Å². The molecule has 2 heteroatoms. The van der Waals surface area contributed by atoms with Crippen LogP contribution in [-0.4, -0.2) is 11.2 Å². The Morgan fingerprint density at radius 3 is 2.56 bits per heavy atom. The monoisotopic (exact) mass is 240 g/mol. The molecule has 16 heavy (non-hydrogen) atoms. The molecule has 1 aliphatic carbocycles. The summed E-state index contributed by atoms with van der Waals surface area (Å²) in [6.45, 7) is 8.34. The average molecular weight is 241 g/mol. The third-order valence-corrected chi connectivity index (χ3v) is 3.76. The standard InChI is InChI=1S/C14H21ClO/c1-10(16)5-6-11-7-8-12(9-13(11)15)14(2,3)4/h5,12-13H,7-9H2,1-4H3/t6?,12-,13-/m0/s1. The van der Waals surface area contributed by atoms with Crippen LogP contribution in [0.1, 0.15) is 47.0 Å². The van der Waals surface area contributed by atoms with Crippen LogP contribution in [0.25, 0.3) is 0 Å². The average Bonchev–Trinajstić information content (AvgIpc) is 2.14. The fraction of sp³-hybridized carbons (Fsp3) is 0.714. The fourth-order valence-electron chi connectivity index (χ4n) is 2.14. The Labute approximate surface area is 104 Å². The summed E-state index contributed by atoms with van der Waals surface area (Å²) in [5.41, 5.74) is 4.47. The molecule has 0 aromatic rings. The summed E-state index contributed by atoms with van der Waals surface area (Å²) < 4.78 is 0. The van der Waals surface area contributed by atoms with E-state index in [1.165, 1.54) is 13.0 Å². The molecule has 0 unspecified atom stereocenters. The normalized spacial score (nSPS) is 26.2. The third-order valence-electron chi connectivity index (χ3n) is 3.32. The minimum Gasteiger partial charge on any atom is -0.294 e. The lowest BCUT2D eigenvalue weighted by Gasteiger charge is -2.36. The summed E-state index contributed by atoms with van der Waals surface area (Å²) in [5.74, 6) is 0.701. The van der Waals surface area contributed by atoms with Crippen molar-refractivity contribution in [2.24, 2.45) is 11.3 Å². The summed E-state index contributed by atoms with van der Waals surface area (Å²) in [6, 6.07) is 0. The second-order valence-electron chi connectivity index (χ2n) is 5.73. The number of carbonyl (C=O) groups excluding carboxylic acids is 1. The van der Waals surface area contributed by atoms with Gasteiger partial charge < -0.3 is 0 Å². The predicted octanol–water partition coefficient (Wildman–Crippen LogP) is 4.11. The lowest BCUT2D eigenvalue weighted by molar-refractivity contribution is -0.112. The molecule has 1 saturated carbocycles. The first kappa shape index (κ1) is 13.5. The molecule has 1 aliphatic rings. The molecule has 0 N–H and O–H groups in total. The zero-order valence-corrected chi connectivity index (χ0v) is 11.4. The van der Waals surface area contributed by atoms with Gasteiger partial charge in [-0.05, 0) is 43.1 Å². The van der Waals surface area contributed by atoms with Crippen molar-refractivity contribution in [3.63, 3.8) is 0 Å². The molecule has 0 saturated heterocycles. The molecule has 0 amide bonds. The van der Waals surface area contributed by atoms with Gasteiger partial charge in [0, 0.05) is 6.08 Å². The van der Waals surface area contributed by atoms with Crippen molar-refractivity contribution in [2.45, 2.75) is 52.3 Å². The van der Waals surface area contributed by atoms with E-state index >= 15 is 0 Å². The van der Waals surface area contributed by atoms with Crippen LogP contribution in [0.3, 0.4) is 0 Å². The quantitative estimate of drug-likeness (QED) is 0.383. The second-order valence-corrected chi connectivity index (χ2v) is 6.26. The van der Waals surface area contributed by atoms with Gasteiger partial charge in [0.05, 0.1) is 5.38 Å². The molecule has 0 bridgehead atoms. The summed E-state index contributed by atoms with van der Waals surface area (Å²) >= 11 is 6.34. The molecule has 2 atom stereocenters. The van der Waals surface area contributed by atoms with Crippen molar-refractivity contribution in [1.82, 2.24) is 0 Å². The van der Waals surface area contributed by atoms with Gasteiger partial charge in [0.2, 0.25) is 0 Å². The molecule has 0 aromatic carbocycles. The van der Waals surface area contributed by atoms with E-state index in [9.17, 15) is 4.79 Å². The maximum Gasteiger partial charge on any atom is 0.160 e. The maximum atomic E-state index is 10.8. The zero-order chi connectivity index (χ0) is 12.3. The van der Waals surface area contributed by atoms with Crippen LogP contribution in [0.2, 0.25) is 0 Å². The molecular formula is C14H21ClO. The Hall–Kier alpha value is -0.520. The molecule has 0 spiro atoms. The summed E-state index contributed by atoms with van der Waals surface area (Å²) in [7, 11) is 0. The van der Waals surface area contributed by atoms with E-state index < -0.39 is 0 Å². The van der Waals surface area contributed by atoms with Crippen molar-refractivity contribution in [3.05, 3.63) is 17.4 Å². The lowest BCUT2D eigenvalue weighted by atomic mass is 9.71. The number of hydrogen-bond acceptors (Lipinski definition) is 1. The number of hydrogen-bond donors (Lipinski definition) is 0. The number of rotatable bonds is 1. The molecule has 1 nitrogen and oxygen atoms in total. The second kappa shape index (κ2) is 5.21. The highest BCUT2D eigenvalue weighted by atomic mass is 35.5. The topological polar surface area (TPSA) is 17.1 Å². The molecule has 0 aromatic heterocycles. The Morgan fingerprint density at radius 2 is 2.12 bits per heavy atom. The minimum absolute atomic E-state index is 0.0364. The van der Waals surface area contributed by atoms with Crippen LogP contribution in [-0.2, 0) is 4.79 Å². The van der Waals surface area contributed by atoms with Gasteiger partial charge in [-0.1, -0.05) is 20.8 Å². The van der Waals surface area contributed by atoms with Crippen LogP contribution in [0.15, 0.2) is 17.4 Å².